The summed E-state index contributed by atoms with van der Waals surface area (Å²) in [6, 6.07) is 23.0. The lowest BCUT2D eigenvalue weighted by Crippen LogP contribution is -2.31. The molecule has 0 unspecified atom stereocenters. The minimum atomic E-state index is 0.466. The number of nitrogens with two attached hydrogens (primary N) is 1. The van der Waals surface area contributed by atoms with Gasteiger partial charge in [-0.2, -0.15) is 5.10 Å². The van der Waals surface area contributed by atoms with Crippen LogP contribution in [0.4, 0.5) is 11.4 Å². The fourth-order valence-electron chi connectivity index (χ4n) is 5.01. The third-order valence-electron chi connectivity index (χ3n) is 6.75. The number of hydrogen-bond acceptors (Lipinski definition) is 4. The van der Waals surface area contributed by atoms with E-state index in [1.165, 1.54) is 16.8 Å². The lowest BCUT2D eigenvalue weighted by molar-refractivity contribution is 0.411. The molecule has 0 amide bonds. The largest absolute Gasteiger partial charge is 0.494 e. The molecule has 2 heterocycles. The van der Waals surface area contributed by atoms with Gasteiger partial charge in [-0.25, -0.2) is 4.68 Å². The molecule has 1 aliphatic rings. The van der Waals surface area contributed by atoms with Crippen molar-refractivity contribution >= 4 is 11.4 Å². The number of nitrogens with zero attached hydrogens (tertiary/aromatic N) is 3. The molecule has 5 rings (SSSR count). The minimum Gasteiger partial charge on any atom is -0.494 e. The third kappa shape index (κ3) is 3.81. The van der Waals surface area contributed by atoms with Crippen LogP contribution in [0.25, 0.3) is 16.9 Å². The Morgan fingerprint density at radius 1 is 0.971 bits per heavy atom. The lowest BCUT2D eigenvalue weighted by atomic mass is 9.96. The molecule has 2 N–H and O–H groups in total. The molecular weight excluding hydrogens is 420 g/mol. The van der Waals surface area contributed by atoms with E-state index >= 15 is 0 Å². The maximum absolute atomic E-state index is 6.03. The number of aryl methyl sites for hydroxylation is 1. The Labute approximate surface area is 201 Å². The van der Waals surface area contributed by atoms with Crippen LogP contribution >= 0.6 is 0 Å². The lowest BCUT2D eigenvalue weighted by Gasteiger charge is -2.31. The average molecular weight is 453 g/mol. The standard InChI is InChI=1S/C29H32N4O/c1-19(2)23-9-5-6-10-26(23)32-17-16-25-24(18-32)29(21-12-14-22(30)15-13-21)33(31-25)28-20(3)8-7-11-27(28)34-4/h5-15,19H,16-18,30H2,1-4H3. The van der Waals surface area contributed by atoms with E-state index in [-0.39, 0.29) is 0 Å². The first-order valence-corrected chi connectivity index (χ1v) is 11.9. The quantitative estimate of drug-likeness (QED) is 0.370. The summed E-state index contributed by atoms with van der Waals surface area (Å²) in [5, 5.41) is 5.15. The Morgan fingerprint density at radius 2 is 1.74 bits per heavy atom. The highest BCUT2D eigenvalue weighted by molar-refractivity contribution is 5.72. The van der Waals surface area contributed by atoms with Gasteiger partial charge in [-0.3, -0.25) is 0 Å². The first-order chi connectivity index (χ1) is 16.5. The fourth-order valence-corrected chi connectivity index (χ4v) is 5.01. The van der Waals surface area contributed by atoms with E-state index in [0.29, 0.717) is 5.92 Å². The molecular formula is C29H32N4O. The molecule has 3 aromatic carbocycles. The number of ether oxygens (including phenoxy) is 1. The molecule has 0 fully saturated rings. The number of nitrogen functional groups attached to an aromatic ring is 1. The number of methoxy groups -OCH3 is 1. The second kappa shape index (κ2) is 8.90. The van der Waals surface area contributed by atoms with E-state index in [0.717, 1.165) is 59.1 Å². The number of para-hydroxylation sites is 2. The first-order valence-electron chi connectivity index (χ1n) is 11.9. The molecule has 0 radical (unpaired) electrons. The third-order valence-corrected chi connectivity index (χ3v) is 6.75. The SMILES string of the molecule is COc1cccc(C)c1-n1nc2c(c1-c1ccc(N)cc1)CN(c1ccccc1C(C)C)CC2. The first kappa shape index (κ1) is 22.1. The van der Waals surface area contributed by atoms with Gasteiger partial charge in [-0.1, -0.05) is 56.3 Å². The number of rotatable bonds is 5. The van der Waals surface area contributed by atoms with Crippen molar-refractivity contribution in [1.29, 1.82) is 0 Å². The summed E-state index contributed by atoms with van der Waals surface area (Å²) in [6.45, 7) is 8.39. The molecule has 1 aromatic heterocycles. The van der Waals surface area contributed by atoms with Gasteiger partial charge in [-0.15, -0.1) is 0 Å². The fraction of sp³-hybridized carbons (Fsp3) is 0.276. The molecule has 34 heavy (non-hydrogen) atoms. The van der Waals surface area contributed by atoms with Gasteiger partial charge in [0.05, 0.1) is 18.5 Å². The van der Waals surface area contributed by atoms with Gasteiger partial charge < -0.3 is 15.4 Å². The van der Waals surface area contributed by atoms with Crippen LogP contribution in [0.3, 0.4) is 0 Å². The van der Waals surface area contributed by atoms with Gasteiger partial charge in [0, 0.05) is 42.0 Å². The minimum absolute atomic E-state index is 0.466. The monoisotopic (exact) mass is 452 g/mol. The molecule has 1 aliphatic heterocycles. The predicted molar refractivity (Wildman–Crippen MR) is 140 cm³/mol. The predicted octanol–water partition coefficient (Wildman–Crippen LogP) is 6.12. The summed E-state index contributed by atoms with van der Waals surface area (Å²) in [7, 11) is 1.72. The van der Waals surface area contributed by atoms with E-state index < -0.39 is 0 Å². The smallest absolute Gasteiger partial charge is 0.144 e. The van der Waals surface area contributed by atoms with Gasteiger partial charge in [0.1, 0.15) is 11.4 Å². The van der Waals surface area contributed by atoms with Crippen LogP contribution in [-0.2, 0) is 13.0 Å². The number of fused-ring (bicyclic) bond motifs is 1. The van der Waals surface area contributed by atoms with Crippen LogP contribution in [0.2, 0.25) is 0 Å². The van der Waals surface area contributed by atoms with Gasteiger partial charge in [0.25, 0.3) is 0 Å². The summed E-state index contributed by atoms with van der Waals surface area (Å²) in [6.07, 6.45) is 0.894. The van der Waals surface area contributed by atoms with Crippen molar-refractivity contribution in [3.8, 4) is 22.7 Å². The van der Waals surface area contributed by atoms with Crippen LogP contribution < -0.4 is 15.4 Å². The molecule has 0 bridgehead atoms. The summed E-state index contributed by atoms with van der Waals surface area (Å²) >= 11 is 0. The van der Waals surface area contributed by atoms with Crippen molar-refractivity contribution in [2.24, 2.45) is 0 Å². The van der Waals surface area contributed by atoms with Crippen molar-refractivity contribution in [1.82, 2.24) is 9.78 Å². The Bertz CT molecular complexity index is 1320. The van der Waals surface area contributed by atoms with Crippen LogP contribution in [0, 0.1) is 6.92 Å². The Hall–Kier alpha value is -3.73. The Kier molecular flexibility index (Phi) is 5.78. The van der Waals surface area contributed by atoms with Crippen LogP contribution in [0.15, 0.2) is 66.7 Å². The van der Waals surface area contributed by atoms with Crippen LogP contribution in [-0.4, -0.2) is 23.4 Å². The van der Waals surface area contributed by atoms with Gasteiger partial charge in [-0.05, 0) is 48.2 Å². The van der Waals surface area contributed by atoms with E-state index in [9.17, 15) is 0 Å². The highest BCUT2D eigenvalue weighted by atomic mass is 16.5. The summed E-state index contributed by atoms with van der Waals surface area (Å²) < 4.78 is 7.85. The number of hydrogen-bond donors (Lipinski definition) is 1. The molecule has 0 atom stereocenters. The molecule has 5 nitrogen and oxygen atoms in total. The van der Waals surface area contributed by atoms with E-state index in [1.807, 2.05) is 24.3 Å². The molecule has 0 spiro atoms. The van der Waals surface area contributed by atoms with E-state index in [2.05, 4.69) is 72.8 Å². The van der Waals surface area contributed by atoms with Crippen LogP contribution in [0.1, 0.15) is 42.1 Å². The normalized spacial score (nSPS) is 13.3. The van der Waals surface area contributed by atoms with Crippen molar-refractivity contribution < 1.29 is 4.74 Å². The van der Waals surface area contributed by atoms with Gasteiger partial charge in [0.15, 0.2) is 0 Å². The highest BCUT2D eigenvalue weighted by Crippen LogP contribution is 2.39. The zero-order valence-electron chi connectivity index (χ0n) is 20.4. The second-order valence-corrected chi connectivity index (χ2v) is 9.32. The van der Waals surface area contributed by atoms with Crippen LogP contribution in [0.5, 0.6) is 5.75 Å². The second-order valence-electron chi connectivity index (χ2n) is 9.32. The zero-order valence-corrected chi connectivity index (χ0v) is 20.4. The Morgan fingerprint density at radius 3 is 2.47 bits per heavy atom. The van der Waals surface area contributed by atoms with Gasteiger partial charge >= 0.3 is 0 Å². The molecule has 5 heteroatoms. The summed E-state index contributed by atoms with van der Waals surface area (Å²) in [4.78, 5) is 2.50. The van der Waals surface area contributed by atoms with E-state index in [1.54, 1.807) is 7.11 Å². The maximum Gasteiger partial charge on any atom is 0.144 e. The zero-order chi connectivity index (χ0) is 23.8. The number of anilines is 2. The maximum atomic E-state index is 6.03. The molecule has 174 valence electrons. The summed E-state index contributed by atoms with van der Waals surface area (Å²) in [5.41, 5.74) is 16.2. The number of aromatic nitrogens is 2. The van der Waals surface area contributed by atoms with Crippen molar-refractivity contribution in [2.75, 3.05) is 24.3 Å². The van der Waals surface area contributed by atoms with Crippen molar-refractivity contribution in [3.05, 3.63) is 89.1 Å². The topological polar surface area (TPSA) is 56.3 Å². The van der Waals surface area contributed by atoms with Gasteiger partial charge in [0.2, 0.25) is 0 Å². The average Bonchev–Trinajstić information content (AvgIpc) is 3.22. The molecule has 0 aliphatic carbocycles. The Balaban J connectivity index is 1.69. The summed E-state index contributed by atoms with van der Waals surface area (Å²) in [5.74, 6) is 1.28. The highest BCUT2D eigenvalue weighted by Gasteiger charge is 2.28. The van der Waals surface area contributed by atoms with Crippen molar-refractivity contribution in [2.45, 2.75) is 39.7 Å². The number of benzene rings is 3. The molecule has 4 aromatic rings. The molecule has 0 saturated carbocycles. The van der Waals surface area contributed by atoms with Crippen molar-refractivity contribution in [3.63, 3.8) is 0 Å². The van der Waals surface area contributed by atoms with E-state index in [4.69, 9.17) is 15.6 Å². The molecule has 0 saturated heterocycles.